The van der Waals surface area contributed by atoms with Crippen molar-refractivity contribution in [2.45, 2.75) is 83.8 Å². The lowest BCUT2D eigenvalue weighted by Crippen LogP contribution is -2.34. The van der Waals surface area contributed by atoms with Crippen LogP contribution in [0.3, 0.4) is 0 Å². The Morgan fingerprint density at radius 2 is 1.74 bits per heavy atom. The van der Waals surface area contributed by atoms with Crippen LogP contribution in [0.5, 0.6) is 0 Å². The first-order chi connectivity index (χ1) is 9.16. The number of rotatable bonds is 6. The van der Waals surface area contributed by atoms with Crippen LogP contribution in [0.4, 0.5) is 0 Å². The molecule has 1 aliphatic carbocycles. The molecule has 19 heavy (non-hydrogen) atoms. The van der Waals surface area contributed by atoms with Gasteiger partial charge in [-0.2, -0.15) is 0 Å². The number of nitrogens with two attached hydrogens (primary N) is 1. The summed E-state index contributed by atoms with van der Waals surface area (Å²) in [7, 11) is 0. The minimum atomic E-state index is 0.439. The molecule has 1 aliphatic heterocycles. The zero-order chi connectivity index (χ0) is 13.7. The summed E-state index contributed by atoms with van der Waals surface area (Å²) in [5.74, 6) is 2.60. The monoisotopic (exact) mass is 267 g/mol. The van der Waals surface area contributed by atoms with Crippen LogP contribution in [0.25, 0.3) is 0 Å². The molecule has 2 atom stereocenters. The number of ether oxygens (including phenoxy) is 1. The third-order valence-corrected chi connectivity index (χ3v) is 5.45. The van der Waals surface area contributed by atoms with E-state index in [2.05, 4.69) is 13.8 Å². The van der Waals surface area contributed by atoms with Crippen LogP contribution < -0.4 is 5.73 Å². The molecule has 2 aliphatic rings. The molecule has 2 unspecified atom stereocenters. The first kappa shape index (κ1) is 15.3. The van der Waals surface area contributed by atoms with Crippen LogP contribution in [-0.4, -0.2) is 18.8 Å². The minimum absolute atomic E-state index is 0.439. The molecule has 0 aromatic carbocycles. The standard InChI is InChI=1S/C17H33NO/c1-13(2)14-8-10-15(11-9-14)17(18)7-3-5-16-6-4-12-19-16/h13-17H,3-12,18H2,1-2H3. The van der Waals surface area contributed by atoms with Crippen molar-refractivity contribution >= 4 is 0 Å². The van der Waals surface area contributed by atoms with E-state index in [1.165, 1.54) is 57.8 Å². The van der Waals surface area contributed by atoms with E-state index in [4.69, 9.17) is 10.5 Å². The fourth-order valence-corrected chi connectivity index (χ4v) is 3.93. The highest BCUT2D eigenvalue weighted by atomic mass is 16.5. The topological polar surface area (TPSA) is 35.2 Å². The second-order valence-corrected chi connectivity index (χ2v) is 7.15. The van der Waals surface area contributed by atoms with Gasteiger partial charge in [-0.05, 0) is 75.5 Å². The average molecular weight is 267 g/mol. The van der Waals surface area contributed by atoms with Gasteiger partial charge in [0.1, 0.15) is 0 Å². The predicted molar refractivity (Wildman–Crippen MR) is 81.1 cm³/mol. The summed E-state index contributed by atoms with van der Waals surface area (Å²) < 4.78 is 5.68. The largest absolute Gasteiger partial charge is 0.378 e. The van der Waals surface area contributed by atoms with Crippen LogP contribution in [-0.2, 0) is 4.74 Å². The maximum atomic E-state index is 6.41. The maximum absolute atomic E-state index is 6.41. The molecule has 1 saturated carbocycles. The first-order valence-electron chi connectivity index (χ1n) is 8.54. The Morgan fingerprint density at radius 3 is 2.32 bits per heavy atom. The molecule has 112 valence electrons. The molecule has 1 saturated heterocycles. The quantitative estimate of drug-likeness (QED) is 0.785. The zero-order valence-corrected chi connectivity index (χ0v) is 12.9. The molecule has 1 heterocycles. The summed E-state index contributed by atoms with van der Waals surface area (Å²) in [6.45, 7) is 5.72. The Kier molecular flexibility index (Phi) is 6.15. The van der Waals surface area contributed by atoms with Gasteiger partial charge < -0.3 is 10.5 Å². The lowest BCUT2D eigenvalue weighted by Gasteiger charge is -2.34. The Labute approximate surface area is 119 Å². The van der Waals surface area contributed by atoms with Crippen molar-refractivity contribution in [1.29, 1.82) is 0 Å². The van der Waals surface area contributed by atoms with E-state index < -0.39 is 0 Å². The summed E-state index contributed by atoms with van der Waals surface area (Å²) in [5.41, 5.74) is 6.41. The highest BCUT2D eigenvalue weighted by Gasteiger charge is 2.27. The molecule has 2 rings (SSSR count). The van der Waals surface area contributed by atoms with Gasteiger partial charge >= 0.3 is 0 Å². The zero-order valence-electron chi connectivity index (χ0n) is 12.9. The van der Waals surface area contributed by atoms with Crippen molar-refractivity contribution in [2.75, 3.05) is 6.61 Å². The molecule has 0 amide bonds. The lowest BCUT2D eigenvalue weighted by molar-refractivity contribution is 0.100. The fraction of sp³-hybridized carbons (Fsp3) is 1.00. The normalized spacial score (nSPS) is 33.8. The van der Waals surface area contributed by atoms with E-state index in [9.17, 15) is 0 Å². The molecular weight excluding hydrogens is 234 g/mol. The summed E-state index contributed by atoms with van der Waals surface area (Å²) >= 11 is 0. The number of hydrogen-bond donors (Lipinski definition) is 1. The van der Waals surface area contributed by atoms with Gasteiger partial charge in [0.15, 0.2) is 0 Å². The summed E-state index contributed by atoms with van der Waals surface area (Å²) in [6.07, 6.45) is 12.3. The average Bonchev–Trinajstić information content (AvgIpc) is 2.92. The van der Waals surface area contributed by atoms with Gasteiger partial charge in [0.2, 0.25) is 0 Å². The van der Waals surface area contributed by atoms with Gasteiger partial charge in [-0.1, -0.05) is 13.8 Å². The van der Waals surface area contributed by atoms with Crippen LogP contribution in [0, 0.1) is 17.8 Å². The van der Waals surface area contributed by atoms with Crippen molar-refractivity contribution in [1.82, 2.24) is 0 Å². The molecule has 0 aromatic rings. The van der Waals surface area contributed by atoms with E-state index in [1.807, 2.05) is 0 Å². The van der Waals surface area contributed by atoms with Gasteiger partial charge in [0.25, 0.3) is 0 Å². The van der Waals surface area contributed by atoms with Crippen LogP contribution >= 0.6 is 0 Å². The van der Waals surface area contributed by atoms with E-state index >= 15 is 0 Å². The molecule has 2 heteroatoms. The highest BCUT2D eigenvalue weighted by molar-refractivity contribution is 4.81. The van der Waals surface area contributed by atoms with E-state index in [0.717, 1.165) is 24.4 Å². The van der Waals surface area contributed by atoms with Crippen molar-refractivity contribution in [3.05, 3.63) is 0 Å². The van der Waals surface area contributed by atoms with E-state index in [1.54, 1.807) is 0 Å². The summed E-state index contributed by atoms with van der Waals surface area (Å²) in [4.78, 5) is 0. The fourth-order valence-electron chi connectivity index (χ4n) is 3.93. The SMILES string of the molecule is CC(C)C1CCC(C(N)CCCC2CCCO2)CC1. The van der Waals surface area contributed by atoms with Crippen molar-refractivity contribution < 1.29 is 4.74 Å². The number of hydrogen-bond acceptors (Lipinski definition) is 2. The molecule has 2 N–H and O–H groups in total. The summed E-state index contributed by atoms with van der Waals surface area (Å²) in [5, 5.41) is 0. The Balaban J connectivity index is 1.59. The molecule has 2 fully saturated rings. The van der Waals surface area contributed by atoms with Crippen molar-refractivity contribution in [3.8, 4) is 0 Å². The minimum Gasteiger partial charge on any atom is -0.378 e. The summed E-state index contributed by atoms with van der Waals surface area (Å²) in [6, 6.07) is 0.439. The third-order valence-electron chi connectivity index (χ3n) is 5.45. The molecular formula is C17H33NO. The van der Waals surface area contributed by atoms with Gasteiger partial charge in [-0.25, -0.2) is 0 Å². The highest BCUT2D eigenvalue weighted by Crippen LogP contribution is 2.35. The Hall–Kier alpha value is -0.0800. The molecule has 0 radical (unpaired) electrons. The maximum Gasteiger partial charge on any atom is 0.0576 e. The first-order valence-corrected chi connectivity index (χ1v) is 8.54. The second-order valence-electron chi connectivity index (χ2n) is 7.15. The second kappa shape index (κ2) is 7.64. The van der Waals surface area contributed by atoms with Gasteiger partial charge in [0.05, 0.1) is 6.10 Å². The Bertz CT molecular complexity index is 240. The van der Waals surface area contributed by atoms with Crippen LogP contribution in [0.15, 0.2) is 0 Å². The van der Waals surface area contributed by atoms with Crippen molar-refractivity contribution in [2.24, 2.45) is 23.5 Å². The molecule has 0 bridgehead atoms. The Morgan fingerprint density at radius 1 is 1.05 bits per heavy atom. The van der Waals surface area contributed by atoms with E-state index in [0.29, 0.717) is 12.1 Å². The third kappa shape index (κ3) is 4.75. The van der Waals surface area contributed by atoms with Crippen molar-refractivity contribution in [3.63, 3.8) is 0 Å². The van der Waals surface area contributed by atoms with Crippen LogP contribution in [0.2, 0.25) is 0 Å². The predicted octanol–water partition coefficient (Wildman–Crippen LogP) is 4.13. The van der Waals surface area contributed by atoms with Gasteiger partial charge in [-0.3, -0.25) is 0 Å². The molecule has 0 aromatic heterocycles. The van der Waals surface area contributed by atoms with E-state index in [-0.39, 0.29) is 0 Å². The van der Waals surface area contributed by atoms with Gasteiger partial charge in [0, 0.05) is 12.6 Å². The van der Waals surface area contributed by atoms with Crippen LogP contribution in [0.1, 0.15) is 71.6 Å². The smallest absolute Gasteiger partial charge is 0.0576 e. The molecule has 0 spiro atoms. The van der Waals surface area contributed by atoms with Gasteiger partial charge in [-0.15, -0.1) is 0 Å². The lowest BCUT2D eigenvalue weighted by atomic mass is 9.74. The molecule has 2 nitrogen and oxygen atoms in total.